The number of esters is 3. The lowest BCUT2D eigenvalue weighted by atomic mass is 9.44. The van der Waals surface area contributed by atoms with E-state index in [1.807, 2.05) is 0 Å². The molecule has 1 aliphatic heterocycles. The molecule has 0 radical (unpaired) electrons. The van der Waals surface area contributed by atoms with E-state index in [1.165, 1.54) is 26.0 Å². The van der Waals surface area contributed by atoms with Crippen LogP contribution in [-0.2, 0) is 33.3 Å². The monoisotopic (exact) mass is 811 g/mol. The van der Waals surface area contributed by atoms with E-state index in [2.05, 4.69) is 5.32 Å². The summed E-state index contributed by atoms with van der Waals surface area (Å²) in [4.78, 5) is 69.5. The summed E-state index contributed by atoms with van der Waals surface area (Å²) in [6.45, 7) is 6.89. The maximum Gasteiger partial charge on any atom is 0.338 e. The van der Waals surface area contributed by atoms with Crippen LogP contribution in [0.3, 0.4) is 0 Å². The van der Waals surface area contributed by atoms with Crippen LogP contribution in [0.15, 0.2) is 102 Å². The van der Waals surface area contributed by atoms with Crippen LogP contribution in [0.25, 0.3) is 0 Å². The molecule has 3 fully saturated rings. The minimum atomic E-state index is -2.35. The number of carbonyl (C=O) groups excluding carboxylic acids is 5. The average Bonchev–Trinajstić information content (AvgIpc) is 3.21. The summed E-state index contributed by atoms with van der Waals surface area (Å²) in [6.07, 6.45) is -10.5. The van der Waals surface area contributed by atoms with Gasteiger partial charge in [-0.05, 0) is 54.8 Å². The Morgan fingerprint density at radius 2 is 1.44 bits per heavy atom. The van der Waals surface area contributed by atoms with E-state index in [4.69, 9.17) is 18.9 Å². The van der Waals surface area contributed by atoms with Gasteiger partial charge in [0.05, 0.1) is 35.6 Å². The molecular formula is C45H49NO13. The number of hydrogen-bond acceptors (Lipinski definition) is 13. The van der Waals surface area contributed by atoms with Crippen molar-refractivity contribution in [1.82, 2.24) is 5.32 Å². The van der Waals surface area contributed by atoms with Crippen LogP contribution in [0, 0.1) is 16.7 Å². The Morgan fingerprint density at radius 3 is 2.00 bits per heavy atom. The second-order valence-corrected chi connectivity index (χ2v) is 16.8. The van der Waals surface area contributed by atoms with Crippen molar-refractivity contribution in [3.8, 4) is 0 Å². The van der Waals surface area contributed by atoms with Gasteiger partial charge in [-0.25, -0.2) is 9.59 Å². The van der Waals surface area contributed by atoms with Crippen LogP contribution in [0.2, 0.25) is 0 Å². The molecule has 59 heavy (non-hydrogen) atoms. The quantitative estimate of drug-likeness (QED) is 0.120. The van der Waals surface area contributed by atoms with E-state index in [9.17, 15) is 44.4 Å². The fourth-order valence-electron chi connectivity index (χ4n) is 9.94. The molecule has 14 nitrogen and oxygen atoms in total. The zero-order valence-electron chi connectivity index (χ0n) is 33.4. The molecule has 2 bridgehead atoms. The Bertz CT molecular complexity index is 2160. The number of rotatable bonds is 9. The highest BCUT2D eigenvalue weighted by Gasteiger charge is 2.78. The van der Waals surface area contributed by atoms with Gasteiger partial charge in [-0.2, -0.15) is 0 Å². The van der Waals surface area contributed by atoms with Gasteiger partial charge in [0.1, 0.15) is 30.0 Å². The first-order chi connectivity index (χ1) is 27.9. The number of aliphatic hydroxyl groups is 4. The number of hydrogen-bond donors (Lipinski definition) is 5. The normalized spacial score (nSPS) is 33.0. The van der Waals surface area contributed by atoms with Gasteiger partial charge < -0.3 is 44.7 Å². The van der Waals surface area contributed by atoms with Crippen LogP contribution in [0.1, 0.15) is 79.8 Å². The van der Waals surface area contributed by atoms with Gasteiger partial charge in [-0.3, -0.25) is 14.4 Å². The van der Waals surface area contributed by atoms with Crippen molar-refractivity contribution in [3.05, 3.63) is 119 Å². The zero-order valence-corrected chi connectivity index (χ0v) is 33.4. The SMILES string of the molecule is CC(=O)O[C@@]12CO[C@@H]1C[C@@H](O)[C@@]1(C)C(=O)[C@@H](O)C3=C(C)[C@@H](OC(=O)[C@H](O)[C@@H](NC(=O)c4ccccc4)c4ccccc4)C[C@@](O)([C@@H](OC(=O)c4ccccc4)[C@H]21)C3(C)C. The summed E-state index contributed by atoms with van der Waals surface area (Å²) in [7, 11) is 0. The van der Waals surface area contributed by atoms with E-state index in [0.717, 1.165) is 6.92 Å². The summed E-state index contributed by atoms with van der Waals surface area (Å²) in [6, 6.07) is 23.1. The average molecular weight is 812 g/mol. The second kappa shape index (κ2) is 15.4. The van der Waals surface area contributed by atoms with Crippen molar-refractivity contribution in [2.45, 2.75) is 101 Å². The molecule has 1 amide bonds. The standard InChI is InChI=1S/C45H49NO13/c1-24-29(57-41(54)35(50)33(26-15-9-6-10-16-26)46-39(52)27-17-11-7-12-18-27)22-45(55)38(58-40(53)28-19-13-8-14-20-28)36-43(5,37(51)34(49)32(24)42(45,3)4)30(48)21-31-44(36,23-56-31)59-25(2)47/h6-20,29-31,33-36,38,48-50,55H,21-23H2,1-5H3,(H,46,52)/t29-,30+,31+,33-,34-,35+,36-,38-,43+,44-,45+/m0/s1. The fourth-order valence-corrected chi connectivity index (χ4v) is 9.94. The van der Waals surface area contributed by atoms with Crippen molar-refractivity contribution in [2.24, 2.45) is 16.7 Å². The van der Waals surface area contributed by atoms with Gasteiger partial charge in [-0.1, -0.05) is 80.6 Å². The third kappa shape index (κ3) is 6.76. The minimum Gasteiger partial charge on any atom is -0.456 e. The number of fused-ring (bicyclic) bond motifs is 5. The molecule has 312 valence electrons. The summed E-state index contributed by atoms with van der Waals surface area (Å²) >= 11 is 0. The molecule has 2 saturated carbocycles. The predicted molar refractivity (Wildman–Crippen MR) is 208 cm³/mol. The Kier molecular flexibility index (Phi) is 10.9. The molecule has 0 aromatic heterocycles. The number of ether oxygens (including phenoxy) is 4. The van der Waals surface area contributed by atoms with E-state index in [-0.39, 0.29) is 35.3 Å². The summed E-state index contributed by atoms with van der Waals surface area (Å²) in [5, 5.41) is 51.9. The lowest BCUT2D eigenvalue weighted by Crippen LogP contribution is -2.81. The summed E-state index contributed by atoms with van der Waals surface area (Å²) in [5.41, 5.74) is -6.86. The van der Waals surface area contributed by atoms with Gasteiger partial charge in [0.25, 0.3) is 5.91 Å². The molecule has 3 aliphatic carbocycles. The van der Waals surface area contributed by atoms with Crippen LogP contribution < -0.4 is 5.32 Å². The summed E-state index contributed by atoms with van der Waals surface area (Å²) < 4.78 is 24.2. The van der Waals surface area contributed by atoms with Gasteiger partial charge >= 0.3 is 17.9 Å². The molecule has 3 aromatic rings. The Morgan fingerprint density at radius 1 is 0.864 bits per heavy atom. The third-order valence-corrected chi connectivity index (χ3v) is 13.2. The highest BCUT2D eigenvalue weighted by Crippen LogP contribution is 2.64. The molecule has 4 aliphatic rings. The highest BCUT2D eigenvalue weighted by molar-refractivity contribution is 5.95. The smallest absolute Gasteiger partial charge is 0.338 e. The fraction of sp³-hybridized carbons (Fsp3) is 0.444. The van der Waals surface area contributed by atoms with E-state index < -0.39 is 107 Å². The first kappa shape index (κ1) is 41.9. The predicted octanol–water partition coefficient (Wildman–Crippen LogP) is 3.16. The van der Waals surface area contributed by atoms with Crippen molar-refractivity contribution in [3.63, 3.8) is 0 Å². The molecular weight excluding hydrogens is 762 g/mol. The van der Waals surface area contributed by atoms with Crippen molar-refractivity contribution in [1.29, 1.82) is 0 Å². The topological polar surface area (TPSA) is 215 Å². The van der Waals surface area contributed by atoms with Gasteiger partial charge in [0.15, 0.2) is 17.5 Å². The van der Waals surface area contributed by atoms with Gasteiger partial charge in [-0.15, -0.1) is 0 Å². The van der Waals surface area contributed by atoms with Crippen LogP contribution in [0.5, 0.6) is 0 Å². The number of carbonyl (C=O) groups is 5. The lowest BCUT2D eigenvalue weighted by Gasteiger charge is -2.67. The van der Waals surface area contributed by atoms with Crippen LogP contribution in [0.4, 0.5) is 0 Å². The third-order valence-electron chi connectivity index (χ3n) is 13.2. The van der Waals surface area contributed by atoms with E-state index in [1.54, 1.807) is 92.7 Å². The van der Waals surface area contributed by atoms with Crippen molar-refractivity contribution >= 4 is 29.6 Å². The molecule has 1 saturated heterocycles. The number of ketones is 1. The van der Waals surface area contributed by atoms with Crippen molar-refractivity contribution < 1.29 is 63.3 Å². The molecule has 0 spiro atoms. The first-order valence-corrected chi connectivity index (χ1v) is 19.6. The number of aliphatic hydroxyl groups excluding tert-OH is 3. The largest absolute Gasteiger partial charge is 0.456 e. The van der Waals surface area contributed by atoms with Crippen LogP contribution in [-0.4, -0.2) is 104 Å². The second-order valence-electron chi connectivity index (χ2n) is 16.8. The first-order valence-electron chi connectivity index (χ1n) is 19.6. The minimum absolute atomic E-state index is 0.0540. The summed E-state index contributed by atoms with van der Waals surface area (Å²) in [5.74, 6) is -5.89. The molecule has 7 rings (SSSR count). The molecule has 3 aromatic carbocycles. The molecule has 0 unspecified atom stereocenters. The molecule has 14 heteroatoms. The zero-order chi connectivity index (χ0) is 42.7. The lowest BCUT2D eigenvalue weighted by molar-refractivity contribution is -0.346. The number of Topliss-reactive ketones (excluding diaryl/α,β-unsaturated/α-hetero) is 1. The maximum absolute atomic E-state index is 15.0. The van der Waals surface area contributed by atoms with E-state index >= 15 is 0 Å². The highest BCUT2D eigenvalue weighted by atomic mass is 16.6. The Labute approximate surface area is 341 Å². The van der Waals surface area contributed by atoms with Gasteiger partial charge in [0, 0.05) is 30.7 Å². The maximum atomic E-state index is 15.0. The van der Waals surface area contributed by atoms with Crippen molar-refractivity contribution in [2.75, 3.05) is 6.61 Å². The number of nitrogens with one attached hydrogen (secondary N) is 1. The Hall–Kier alpha value is -5.25. The number of amides is 1. The van der Waals surface area contributed by atoms with Crippen LogP contribution >= 0.6 is 0 Å². The molecule has 1 heterocycles. The molecule has 5 N–H and O–H groups in total. The number of benzene rings is 3. The molecule has 11 atom stereocenters. The van der Waals surface area contributed by atoms with Gasteiger partial charge in [0.2, 0.25) is 0 Å². The Balaban J connectivity index is 1.34. The van der Waals surface area contributed by atoms with E-state index in [0.29, 0.717) is 5.56 Å².